The molecule has 0 spiro atoms. The van der Waals surface area contributed by atoms with Gasteiger partial charge in [-0.2, -0.15) is 0 Å². The highest BCUT2D eigenvalue weighted by Gasteiger charge is 2.11. The van der Waals surface area contributed by atoms with Crippen molar-refractivity contribution >= 4 is 27.9 Å². The largest absolute Gasteiger partial charge is 0.494 e. The van der Waals surface area contributed by atoms with Gasteiger partial charge in [0.2, 0.25) is 5.43 Å². The molecule has 21 heavy (non-hydrogen) atoms. The summed E-state index contributed by atoms with van der Waals surface area (Å²) < 4.78 is 11.0. The fraction of sp³-hybridized carbons (Fsp3) is 0.125. The molecule has 2 aromatic carbocycles. The maximum atomic E-state index is 12.5. The molecule has 0 saturated carbocycles. The van der Waals surface area contributed by atoms with Gasteiger partial charge < -0.3 is 14.3 Å². The van der Waals surface area contributed by atoms with Gasteiger partial charge in [0.05, 0.1) is 22.9 Å². The lowest BCUT2D eigenvalue weighted by molar-refractivity contribution is 0.0697. The number of carbonyl (C=O) groups is 1. The van der Waals surface area contributed by atoms with Crippen LogP contribution in [0.4, 0.5) is 0 Å². The summed E-state index contributed by atoms with van der Waals surface area (Å²) >= 11 is 0. The van der Waals surface area contributed by atoms with Gasteiger partial charge in [0.15, 0.2) is 0 Å². The Labute approximate surface area is 119 Å². The molecule has 5 heteroatoms. The number of hydrogen-bond acceptors (Lipinski definition) is 4. The summed E-state index contributed by atoms with van der Waals surface area (Å²) in [6.45, 7) is 2.35. The summed E-state index contributed by atoms with van der Waals surface area (Å²) in [4.78, 5) is 23.5. The molecule has 3 rings (SSSR count). The number of benzene rings is 2. The van der Waals surface area contributed by atoms with Crippen molar-refractivity contribution in [3.05, 3.63) is 52.2 Å². The normalized spacial score (nSPS) is 10.9. The summed E-state index contributed by atoms with van der Waals surface area (Å²) in [5.74, 6) is -0.509. The van der Waals surface area contributed by atoms with Crippen molar-refractivity contribution in [1.29, 1.82) is 0 Å². The highest BCUT2D eigenvalue weighted by atomic mass is 16.5. The second kappa shape index (κ2) is 4.94. The Balaban J connectivity index is 2.34. The molecular formula is C16H12O5. The van der Waals surface area contributed by atoms with Crippen LogP contribution in [0.25, 0.3) is 21.9 Å². The van der Waals surface area contributed by atoms with Gasteiger partial charge in [-0.1, -0.05) is 0 Å². The summed E-state index contributed by atoms with van der Waals surface area (Å²) in [6.07, 6.45) is 0. The van der Waals surface area contributed by atoms with Crippen LogP contribution in [0.1, 0.15) is 17.3 Å². The average molecular weight is 284 g/mol. The Bertz CT molecular complexity index is 908. The standard InChI is InChI=1S/C16H12O5/c1-2-20-10-4-6-14-12(8-10)15(17)11-7-9(16(18)19)3-5-13(11)21-14/h3-8H,2H2,1H3,(H,18,19). The predicted molar refractivity (Wildman–Crippen MR) is 78.1 cm³/mol. The number of aromatic carboxylic acids is 1. The molecule has 1 heterocycles. The fourth-order valence-corrected chi connectivity index (χ4v) is 2.22. The molecule has 0 bridgehead atoms. The quantitative estimate of drug-likeness (QED) is 0.748. The molecule has 0 aliphatic rings. The van der Waals surface area contributed by atoms with E-state index in [0.717, 1.165) is 0 Å². The van der Waals surface area contributed by atoms with E-state index in [1.165, 1.54) is 18.2 Å². The molecular weight excluding hydrogens is 272 g/mol. The first-order valence-corrected chi connectivity index (χ1v) is 6.47. The summed E-state index contributed by atoms with van der Waals surface area (Å²) in [7, 11) is 0. The van der Waals surface area contributed by atoms with Crippen molar-refractivity contribution in [3.63, 3.8) is 0 Å². The van der Waals surface area contributed by atoms with Crippen LogP contribution in [-0.4, -0.2) is 17.7 Å². The lowest BCUT2D eigenvalue weighted by Crippen LogP contribution is -2.05. The number of ether oxygens (including phenoxy) is 1. The average Bonchev–Trinajstić information content (AvgIpc) is 2.48. The third-order valence-electron chi connectivity index (χ3n) is 3.20. The van der Waals surface area contributed by atoms with Gasteiger partial charge in [-0.05, 0) is 43.3 Å². The maximum Gasteiger partial charge on any atom is 0.335 e. The second-order valence-corrected chi connectivity index (χ2v) is 4.54. The molecule has 0 unspecified atom stereocenters. The van der Waals surface area contributed by atoms with Gasteiger partial charge in [0.1, 0.15) is 16.9 Å². The van der Waals surface area contributed by atoms with Crippen LogP contribution in [-0.2, 0) is 0 Å². The van der Waals surface area contributed by atoms with Gasteiger partial charge in [0.25, 0.3) is 0 Å². The number of carboxylic acids is 1. The van der Waals surface area contributed by atoms with Crippen LogP contribution in [0.5, 0.6) is 5.75 Å². The van der Waals surface area contributed by atoms with Crippen molar-refractivity contribution in [3.8, 4) is 5.75 Å². The molecule has 1 N–H and O–H groups in total. The van der Waals surface area contributed by atoms with Gasteiger partial charge in [-0.25, -0.2) is 4.79 Å². The summed E-state index contributed by atoms with van der Waals surface area (Å²) in [6, 6.07) is 9.25. The third-order valence-corrected chi connectivity index (χ3v) is 3.20. The minimum atomic E-state index is -1.08. The Morgan fingerprint density at radius 1 is 1.14 bits per heavy atom. The Morgan fingerprint density at radius 2 is 1.81 bits per heavy atom. The minimum Gasteiger partial charge on any atom is -0.494 e. The first-order valence-electron chi connectivity index (χ1n) is 6.47. The van der Waals surface area contributed by atoms with E-state index in [-0.39, 0.29) is 16.4 Å². The van der Waals surface area contributed by atoms with E-state index in [4.69, 9.17) is 14.3 Å². The topological polar surface area (TPSA) is 76.7 Å². The number of carboxylic acid groups (broad SMARTS) is 1. The smallest absolute Gasteiger partial charge is 0.335 e. The number of rotatable bonds is 3. The SMILES string of the molecule is CCOc1ccc2oc3ccc(C(=O)O)cc3c(=O)c2c1. The van der Waals surface area contributed by atoms with Crippen molar-refractivity contribution < 1.29 is 19.1 Å². The van der Waals surface area contributed by atoms with Crippen LogP contribution in [0.15, 0.2) is 45.6 Å². The Morgan fingerprint density at radius 3 is 2.48 bits per heavy atom. The zero-order chi connectivity index (χ0) is 15.0. The van der Waals surface area contributed by atoms with Crippen LogP contribution >= 0.6 is 0 Å². The summed E-state index contributed by atoms with van der Waals surface area (Å²) in [5, 5.41) is 9.63. The molecule has 3 aromatic rings. The molecule has 0 atom stereocenters. The Kier molecular flexibility index (Phi) is 3.10. The molecule has 0 fully saturated rings. The fourth-order valence-electron chi connectivity index (χ4n) is 2.22. The lowest BCUT2D eigenvalue weighted by atomic mass is 10.1. The molecule has 0 saturated heterocycles. The van der Waals surface area contributed by atoms with Gasteiger partial charge >= 0.3 is 5.97 Å². The second-order valence-electron chi connectivity index (χ2n) is 4.54. The first kappa shape index (κ1) is 13.2. The van der Waals surface area contributed by atoms with Gasteiger partial charge in [-0.15, -0.1) is 0 Å². The van der Waals surface area contributed by atoms with E-state index in [0.29, 0.717) is 28.9 Å². The van der Waals surface area contributed by atoms with Gasteiger partial charge in [0, 0.05) is 0 Å². The molecule has 106 valence electrons. The number of hydrogen-bond donors (Lipinski definition) is 1. The minimum absolute atomic E-state index is 0.0510. The zero-order valence-corrected chi connectivity index (χ0v) is 11.3. The third kappa shape index (κ3) is 2.23. The monoisotopic (exact) mass is 284 g/mol. The van der Waals surface area contributed by atoms with E-state index in [9.17, 15) is 9.59 Å². The molecule has 1 aromatic heterocycles. The van der Waals surface area contributed by atoms with Crippen LogP contribution in [0.2, 0.25) is 0 Å². The van der Waals surface area contributed by atoms with E-state index >= 15 is 0 Å². The zero-order valence-electron chi connectivity index (χ0n) is 11.3. The van der Waals surface area contributed by atoms with Crippen LogP contribution in [0.3, 0.4) is 0 Å². The maximum absolute atomic E-state index is 12.5. The highest BCUT2D eigenvalue weighted by molar-refractivity contribution is 5.96. The Hall–Kier alpha value is -2.82. The van der Waals surface area contributed by atoms with E-state index in [2.05, 4.69) is 0 Å². The highest BCUT2D eigenvalue weighted by Crippen LogP contribution is 2.23. The van der Waals surface area contributed by atoms with Crippen molar-refractivity contribution in [2.24, 2.45) is 0 Å². The predicted octanol–water partition coefficient (Wildman–Crippen LogP) is 3.04. The number of fused-ring (bicyclic) bond motifs is 2. The van der Waals surface area contributed by atoms with E-state index in [1.54, 1.807) is 18.2 Å². The van der Waals surface area contributed by atoms with Crippen LogP contribution in [0, 0.1) is 0 Å². The van der Waals surface area contributed by atoms with E-state index < -0.39 is 5.97 Å². The lowest BCUT2D eigenvalue weighted by Gasteiger charge is -2.05. The molecule has 0 aliphatic heterocycles. The molecule has 0 amide bonds. The first-order chi connectivity index (χ1) is 10.1. The molecule has 0 aliphatic carbocycles. The van der Waals surface area contributed by atoms with Crippen molar-refractivity contribution in [2.75, 3.05) is 6.61 Å². The van der Waals surface area contributed by atoms with E-state index in [1.807, 2.05) is 6.92 Å². The van der Waals surface area contributed by atoms with Crippen molar-refractivity contribution in [1.82, 2.24) is 0 Å². The molecule has 5 nitrogen and oxygen atoms in total. The summed E-state index contributed by atoms with van der Waals surface area (Å²) in [5.41, 5.74) is 0.590. The van der Waals surface area contributed by atoms with Crippen LogP contribution < -0.4 is 10.2 Å². The molecule has 0 radical (unpaired) electrons. The van der Waals surface area contributed by atoms with Gasteiger partial charge in [-0.3, -0.25) is 4.79 Å². The van der Waals surface area contributed by atoms with Crippen molar-refractivity contribution in [2.45, 2.75) is 6.92 Å².